The number of anilines is 1. The van der Waals surface area contributed by atoms with Crippen molar-refractivity contribution in [2.45, 2.75) is 18.9 Å². The zero-order chi connectivity index (χ0) is 15.7. The van der Waals surface area contributed by atoms with E-state index in [1.54, 1.807) is 9.80 Å². The fraction of sp³-hybridized carbons (Fsp3) is 0.467. The highest BCUT2D eigenvalue weighted by Crippen LogP contribution is 2.26. The van der Waals surface area contributed by atoms with Crippen LogP contribution in [0.2, 0.25) is 0 Å². The lowest BCUT2D eigenvalue weighted by Crippen LogP contribution is -2.32. The Balaban J connectivity index is 1.80. The molecule has 0 saturated carbocycles. The molecule has 0 spiro atoms. The van der Waals surface area contributed by atoms with Crippen molar-refractivity contribution < 1.29 is 14.3 Å². The SMILES string of the molecule is [B]C(=O)N1CCc2ccc(N3C[C@H](CN)OC3=O)cc2CC1. The van der Waals surface area contributed by atoms with Gasteiger partial charge < -0.3 is 15.4 Å². The lowest BCUT2D eigenvalue weighted by molar-refractivity contribution is 0.145. The van der Waals surface area contributed by atoms with Crippen molar-refractivity contribution in [3.63, 3.8) is 0 Å². The minimum absolute atomic E-state index is 0.253. The van der Waals surface area contributed by atoms with Crippen LogP contribution in [-0.2, 0) is 17.6 Å². The number of nitrogens with zero attached hydrogens (tertiary/aromatic N) is 2. The van der Waals surface area contributed by atoms with Crippen LogP contribution >= 0.6 is 0 Å². The van der Waals surface area contributed by atoms with Gasteiger partial charge >= 0.3 is 6.09 Å². The Morgan fingerprint density at radius 1 is 1.32 bits per heavy atom. The number of fused-ring (bicyclic) bond motifs is 1. The topological polar surface area (TPSA) is 75.9 Å². The largest absolute Gasteiger partial charge is 0.443 e. The summed E-state index contributed by atoms with van der Waals surface area (Å²) in [4.78, 5) is 26.5. The molecule has 2 heterocycles. The van der Waals surface area contributed by atoms with Crippen molar-refractivity contribution in [2.75, 3.05) is 31.1 Å². The third kappa shape index (κ3) is 2.81. The molecule has 114 valence electrons. The number of cyclic esters (lactones) is 1. The van der Waals surface area contributed by atoms with Crippen LogP contribution in [0, 0.1) is 0 Å². The van der Waals surface area contributed by atoms with Gasteiger partial charge in [-0.05, 0) is 36.1 Å². The first-order chi connectivity index (χ1) is 10.6. The van der Waals surface area contributed by atoms with Crippen LogP contribution in [0.25, 0.3) is 0 Å². The summed E-state index contributed by atoms with van der Waals surface area (Å²) in [5.74, 6) is -0.387. The Morgan fingerprint density at radius 3 is 2.68 bits per heavy atom. The monoisotopic (exact) mass is 299 g/mol. The molecular formula is C15H18BN3O3. The summed E-state index contributed by atoms with van der Waals surface area (Å²) in [6.45, 7) is 2.02. The number of carbonyl (C=O) groups is 2. The molecule has 0 bridgehead atoms. The molecule has 7 heteroatoms. The van der Waals surface area contributed by atoms with E-state index in [1.165, 1.54) is 5.56 Å². The second-order valence-corrected chi connectivity index (χ2v) is 5.63. The van der Waals surface area contributed by atoms with Gasteiger partial charge in [-0.2, -0.15) is 0 Å². The van der Waals surface area contributed by atoms with Crippen LogP contribution in [0.15, 0.2) is 18.2 Å². The average Bonchev–Trinajstić information content (AvgIpc) is 2.75. The first kappa shape index (κ1) is 14.9. The molecule has 2 aliphatic heterocycles. The van der Waals surface area contributed by atoms with Gasteiger partial charge in [-0.1, -0.05) is 6.07 Å². The van der Waals surface area contributed by atoms with Gasteiger partial charge in [0.2, 0.25) is 7.85 Å². The Hall–Kier alpha value is -2.02. The van der Waals surface area contributed by atoms with Crippen molar-refractivity contribution in [1.29, 1.82) is 0 Å². The first-order valence-corrected chi connectivity index (χ1v) is 7.43. The number of ether oxygens (including phenoxy) is 1. The standard InChI is InChI=1S/C15H18BN3O3/c16-14(20)18-5-3-10-1-2-12(7-11(10)4-6-18)19-9-13(8-17)22-15(19)21/h1-2,7,13H,3-6,8-9,17H2/t13-/m0/s1. The van der Waals surface area contributed by atoms with Crippen molar-refractivity contribution in [3.05, 3.63) is 29.3 Å². The molecule has 0 aromatic heterocycles. The second-order valence-electron chi connectivity index (χ2n) is 5.63. The van der Waals surface area contributed by atoms with Crippen molar-refractivity contribution in [2.24, 2.45) is 5.73 Å². The van der Waals surface area contributed by atoms with E-state index in [1.807, 2.05) is 18.2 Å². The molecule has 2 aliphatic rings. The Labute approximate surface area is 130 Å². The summed E-state index contributed by atoms with van der Waals surface area (Å²) < 4.78 is 5.19. The predicted molar refractivity (Wildman–Crippen MR) is 83.2 cm³/mol. The molecule has 0 aliphatic carbocycles. The second kappa shape index (κ2) is 6.00. The Bertz CT molecular complexity index is 608. The lowest BCUT2D eigenvalue weighted by atomic mass is 10.0. The summed E-state index contributed by atoms with van der Waals surface area (Å²) in [5, 5.41) is 0. The zero-order valence-corrected chi connectivity index (χ0v) is 12.3. The fourth-order valence-electron chi connectivity index (χ4n) is 2.95. The van der Waals surface area contributed by atoms with Gasteiger partial charge in [0, 0.05) is 25.3 Å². The maximum absolute atomic E-state index is 11.9. The smallest absolute Gasteiger partial charge is 0.414 e. The van der Waals surface area contributed by atoms with Gasteiger partial charge in [0.05, 0.1) is 6.54 Å². The highest BCUT2D eigenvalue weighted by Gasteiger charge is 2.31. The highest BCUT2D eigenvalue weighted by molar-refractivity contribution is 6.56. The van der Waals surface area contributed by atoms with Crippen LogP contribution in [0.4, 0.5) is 15.3 Å². The van der Waals surface area contributed by atoms with Crippen LogP contribution in [0.5, 0.6) is 0 Å². The van der Waals surface area contributed by atoms with E-state index in [0.717, 1.165) is 24.1 Å². The van der Waals surface area contributed by atoms with Gasteiger partial charge in [0.1, 0.15) is 6.10 Å². The maximum atomic E-state index is 11.9. The number of amides is 2. The summed E-state index contributed by atoms with van der Waals surface area (Å²) in [7, 11) is 5.36. The van der Waals surface area contributed by atoms with E-state index in [0.29, 0.717) is 26.2 Å². The first-order valence-electron chi connectivity index (χ1n) is 7.43. The zero-order valence-electron chi connectivity index (χ0n) is 12.3. The summed E-state index contributed by atoms with van der Waals surface area (Å²) in [5.41, 5.74) is 8.70. The van der Waals surface area contributed by atoms with E-state index >= 15 is 0 Å². The van der Waals surface area contributed by atoms with Gasteiger partial charge in [-0.3, -0.25) is 9.69 Å². The number of nitrogens with two attached hydrogens (primary N) is 1. The Kier molecular flexibility index (Phi) is 4.07. The normalized spacial score (nSPS) is 21.3. The van der Waals surface area contributed by atoms with Crippen molar-refractivity contribution >= 4 is 25.4 Å². The van der Waals surface area contributed by atoms with Crippen LogP contribution < -0.4 is 10.6 Å². The van der Waals surface area contributed by atoms with Gasteiger partial charge in [0.15, 0.2) is 5.81 Å². The molecule has 1 aromatic rings. The Morgan fingerprint density at radius 2 is 2.05 bits per heavy atom. The third-order valence-electron chi connectivity index (χ3n) is 4.25. The molecule has 0 unspecified atom stereocenters. The van der Waals surface area contributed by atoms with E-state index in [-0.39, 0.29) is 18.0 Å². The number of carbonyl (C=O) groups excluding carboxylic acids is 2. The van der Waals surface area contributed by atoms with E-state index in [2.05, 4.69) is 0 Å². The number of hydrogen-bond acceptors (Lipinski definition) is 4. The van der Waals surface area contributed by atoms with E-state index in [9.17, 15) is 9.59 Å². The molecular weight excluding hydrogens is 281 g/mol. The summed E-state index contributed by atoms with van der Waals surface area (Å²) >= 11 is 0. The van der Waals surface area contributed by atoms with E-state index in [4.69, 9.17) is 18.3 Å². The molecule has 1 atom stereocenters. The highest BCUT2D eigenvalue weighted by atomic mass is 16.6. The molecule has 2 amide bonds. The van der Waals surface area contributed by atoms with Crippen molar-refractivity contribution in [1.82, 2.24) is 4.90 Å². The molecule has 22 heavy (non-hydrogen) atoms. The van der Waals surface area contributed by atoms with E-state index < -0.39 is 0 Å². The van der Waals surface area contributed by atoms with Gasteiger partial charge in [0.25, 0.3) is 0 Å². The number of benzene rings is 1. The maximum Gasteiger partial charge on any atom is 0.414 e. The summed E-state index contributed by atoms with van der Waals surface area (Å²) in [6.07, 6.45) is 0.892. The molecule has 3 rings (SSSR count). The fourth-order valence-corrected chi connectivity index (χ4v) is 2.95. The molecule has 1 saturated heterocycles. The minimum Gasteiger partial charge on any atom is -0.443 e. The molecule has 1 fully saturated rings. The third-order valence-corrected chi connectivity index (χ3v) is 4.25. The van der Waals surface area contributed by atoms with Crippen molar-refractivity contribution in [3.8, 4) is 0 Å². The molecule has 1 aromatic carbocycles. The molecule has 2 N–H and O–H groups in total. The van der Waals surface area contributed by atoms with Crippen LogP contribution in [-0.4, -0.2) is 56.9 Å². The summed E-state index contributed by atoms with van der Waals surface area (Å²) in [6, 6.07) is 5.93. The predicted octanol–water partition coefficient (Wildman–Crippen LogP) is 0.660. The quantitative estimate of drug-likeness (QED) is 0.814. The minimum atomic E-state index is -0.387. The molecule has 2 radical (unpaired) electrons. The average molecular weight is 299 g/mol. The molecule has 6 nitrogen and oxygen atoms in total. The van der Waals surface area contributed by atoms with Gasteiger partial charge in [-0.15, -0.1) is 0 Å². The van der Waals surface area contributed by atoms with Crippen LogP contribution in [0.1, 0.15) is 11.1 Å². The van der Waals surface area contributed by atoms with Crippen LogP contribution in [0.3, 0.4) is 0 Å². The number of rotatable bonds is 2. The lowest BCUT2D eigenvalue weighted by Gasteiger charge is -2.18. The van der Waals surface area contributed by atoms with Gasteiger partial charge in [-0.25, -0.2) is 4.79 Å². The number of hydrogen-bond donors (Lipinski definition) is 1.